The van der Waals surface area contributed by atoms with E-state index in [1.165, 1.54) is 16.2 Å². The summed E-state index contributed by atoms with van der Waals surface area (Å²) in [5.41, 5.74) is 2.72. The Morgan fingerprint density at radius 1 is 0.955 bits per heavy atom. The molecule has 3 aromatic rings. The van der Waals surface area contributed by atoms with E-state index >= 15 is 0 Å². The Morgan fingerprint density at radius 2 is 1.70 bits per heavy atom. The normalized spacial score (nSPS) is 21.9. The molecule has 7 rings (SSSR count). The Bertz CT molecular complexity index is 1590. The van der Waals surface area contributed by atoms with Crippen molar-refractivity contribution in [3.63, 3.8) is 0 Å². The lowest BCUT2D eigenvalue weighted by Crippen LogP contribution is -2.48. The van der Waals surface area contributed by atoms with Crippen molar-refractivity contribution in [2.75, 3.05) is 26.2 Å². The summed E-state index contributed by atoms with van der Waals surface area (Å²) < 4.78 is 6.65. The van der Waals surface area contributed by atoms with E-state index in [1.807, 2.05) is 28.9 Å². The van der Waals surface area contributed by atoms with Gasteiger partial charge in [0.1, 0.15) is 16.7 Å². The summed E-state index contributed by atoms with van der Waals surface area (Å²) in [6.45, 7) is 3.52. The second kappa shape index (κ2) is 11.8. The van der Waals surface area contributed by atoms with Gasteiger partial charge in [0.15, 0.2) is 0 Å². The van der Waals surface area contributed by atoms with Crippen LogP contribution in [0.25, 0.3) is 0 Å². The van der Waals surface area contributed by atoms with Crippen LogP contribution in [0.4, 0.5) is 0 Å². The molecule has 0 unspecified atom stereocenters. The van der Waals surface area contributed by atoms with Gasteiger partial charge in [-0.2, -0.15) is 0 Å². The van der Waals surface area contributed by atoms with Crippen LogP contribution < -0.4 is 4.74 Å². The molecule has 4 aliphatic rings. The minimum absolute atomic E-state index is 0.0375. The van der Waals surface area contributed by atoms with Gasteiger partial charge in [-0.3, -0.25) is 24.1 Å². The van der Waals surface area contributed by atoms with Crippen LogP contribution in [0.2, 0.25) is 0 Å². The van der Waals surface area contributed by atoms with Gasteiger partial charge in [-0.25, -0.2) is 4.98 Å². The van der Waals surface area contributed by atoms with Crippen LogP contribution in [-0.2, 0) is 11.2 Å². The van der Waals surface area contributed by atoms with Crippen molar-refractivity contribution in [2.24, 2.45) is 5.92 Å². The molecule has 0 spiro atoms. The highest BCUT2D eigenvalue weighted by Crippen LogP contribution is 2.41. The van der Waals surface area contributed by atoms with Gasteiger partial charge in [0.25, 0.3) is 17.7 Å². The second-order valence-corrected chi connectivity index (χ2v) is 13.5. The number of fused-ring (bicyclic) bond motifs is 2. The van der Waals surface area contributed by atoms with Crippen LogP contribution in [0.3, 0.4) is 0 Å². The monoisotopic (exact) mass is 612 g/mol. The first kappa shape index (κ1) is 28.7. The van der Waals surface area contributed by atoms with Crippen LogP contribution in [0.15, 0.2) is 48.7 Å². The molecule has 0 bridgehead atoms. The Hall–Kier alpha value is -4.05. The number of amides is 4. The molecule has 2 fully saturated rings. The summed E-state index contributed by atoms with van der Waals surface area (Å²) in [4.78, 5) is 64.0. The zero-order valence-corrected chi connectivity index (χ0v) is 25.7. The molecule has 0 radical (unpaired) electrons. The third-order valence-corrected chi connectivity index (χ3v) is 10.4. The minimum Gasteiger partial charge on any atom is -0.488 e. The Morgan fingerprint density at radius 3 is 2.41 bits per heavy atom. The zero-order valence-electron chi connectivity index (χ0n) is 24.9. The summed E-state index contributed by atoms with van der Waals surface area (Å²) in [5, 5.41) is 0.854. The standard InChI is InChI=1S/C34H36N4O5S/c1-21-35-18-29(44-21)34(42)36-16-15-24(19-36)43-28-13-7-10-22-14-17-37(31(39)23-8-3-2-4-9-23)27(30(22)28)20-38-32(40)25-11-5-6-12-26(25)33(38)41/h5-7,10-13,18,23-24,27H,2-4,8-9,14-17,19-20H2,1H3/t24-,27+/m0/s1. The second-order valence-electron chi connectivity index (χ2n) is 12.3. The minimum atomic E-state index is -0.522. The molecule has 1 saturated heterocycles. The van der Waals surface area contributed by atoms with Gasteiger partial charge < -0.3 is 14.5 Å². The molecule has 4 amide bonds. The maximum Gasteiger partial charge on any atom is 0.265 e. The van der Waals surface area contributed by atoms with E-state index in [1.54, 1.807) is 30.5 Å². The van der Waals surface area contributed by atoms with E-state index in [2.05, 4.69) is 11.1 Å². The number of carbonyl (C=O) groups is 4. The number of aryl methyl sites for hydroxylation is 1. The van der Waals surface area contributed by atoms with Crippen molar-refractivity contribution in [2.45, 2.75) is 64.0 Å². The van der Waals surface area contributed by atoms with Gasteiger partial charge in [0, 0.05) is 31.0 Å². The molecular formula is C34H36N4O5S. The molecule has 1 aromatic heterocycles. The average molecular weight is 613 g/mol. The van der Waals surface area contributed by atoms with Crippen LogP contribution in [-0.4, -0.2) is 75.6 Å². The first-order chi connectivity index (χ1) is 21.4. The van der Waals surface area contributed by atoms with Gasteiger partial charge in [-0.15, -0.1) is 11.3 Å². The number of hydrogen-bond acceptors (Lipinski definition) is 7. The molecule has 44 heavy (non-hydrogen) atoms. The van der Waals surface area contributed by atoms with Crippen LogP contribution in [0.5, 0.6) is 5.75 Å². The molecule has 228 valence electrons. The van der Waals surface area contributed by atoms with E-state index < -0.39 is 6.04 Å². The highest BCUT2D eigenvalue weighted by atomic mass is 32.1. The summed E-state index contributed by atoms with van der Waals surface area (Å²) in [6, 6.07) is 12.3. The highest BCUT2D eigenvalue weighted by Gasteiger charge is 2.43. The fourth-order valence-electron chi connectivity index (χ4n) is 7.26. The summed E-state index contributed by atoms with van der Waals surface area (Å²) in [7, 11) is 0. The summed E-state index contributed by atoms with van der Waals surface area (Å²) in [6.07, 6.45) is 7.72. The lowest BCUT2D eigenvalue weighted by molar-refractivity contribution is -0.140. The number of rotatable bonds is 6. The molecule has 1 aliphatic carbocycles. The van der Waals surface area contributed by atoms with Crippen molar-refractivity contribution in [3.05, 3.63) is 80.8 Å². The zero-order chi connectivity index (χ0) is 30.4. The van der Waals surface area contributed by atoms with Crippen molar-refractivity contribution in [1.29, 1.82) is 0 Å². The Balaban J connectivity index is 1.19. The maximum atomic E-state index is 14.1. The number of thiazole rings is 1. The van der Waals surface area contributed by atoms with Gasteiger partial charge in [-0.05, 0) is 49.9 Å². The molecular weight excluding hydrogens is 576 g/mol. The van der Waals surface area contributed by atoms with Gasteiger partial charge in [0.2, 0.25) is 5.91 Å². The average Bonchev–Trinajstić information content (AvgIpc) is 3.76. The topological polar surface area (TPSA) is 100 Å². The number of benzene rings is 2. The Labute approximate surface area is 260 Å². The van der Waals surface area contributed by atoms with Crippen LogP contribution >= 0.6 is 11.3 Å². The maximum absolute atomic E-state index is 14.1. The molecule has 2 atom stereocenters. The number of aromatic nitrogens is 1. The van der Waals surface area contributed by atoms with E-state index in [4.69, 9.17) is 4.74 Å². The molecule has 3 aliphatic heterocycles. The predicted octanol–water partition coefficient (Wildman–Crippen LogP) is 5.05. The van der Waals surface area contributed by atoms with Crippen molar-refractivity contribution >= 4 is 35.0 Å². The first-order valence-electron chi connectivity index (χ1n) is 15.6. The smallest absolute Gasteiger partial charge is 0.265 e. The van der Waals surface area contributed by atoms with Crippen LogP contribution in [0, 0.1) is 12.8 Å². The Kier molecular flexibility index (Phi) is 7.70. The molecule has 0 N–H and O–H groups in total. The third kappa shape index (κ3) is 5.19. The van der Waals surface area contributed by atoms with Crippen molar-refractivity contribution in [3.8, 4) is 5.75 Å². The van der Waals surface area contributed by atoms with Gasteiger partial charge in [0.05, 0.1) is 41.5 Å². The lowest BCUT2D eigenvalue weighted by atomic mass is 9.85. The van der Waals surface area contributed by atoms with Gasteiger partial charge >= 0.3 is 0 Å². The number of likely N-dealkylation sites (tertiary alicyclic amines) is 1. The lowest BCUT2D eigenvalue weighted by Gasteiger charge is -2.41. The summed E-state index contributed by atoms with van der Waals surface area (Å²) >= 11 is 1.39. The number of imide groups is 1. The molecule has 9 nitrogen and oxygen atoms in total. The van der Waals surface area contributed by atoms with Gasteiger partial charge in [-0.1, -0.05) is 43.5 Å². The van der Waals surface area contributed by atoms with Crippen molar-refractivity contribution in [1.82, 2.24) is 19.7 Å². The van der Waals surface area contributed by atoms with E-state index in [0.29, 0.717) is 54.2 Å². The quantitative estimate of drug-likeness (QED) is 0.362. The van der Waals surface area contributed by atoms with E-state index in [0.717, 1.165) is 48.2 Å². The molecule has 10 heteroatoms. The fourth-order valence-corrected chi connectivity index (χ4v) is 8.01. The molecule has 2 aromatic carbocycles. The third-order valence-electron chi connectivity index (χ3n) is 9.52. The molecule has 1 saturated carbocycles. The largest absolute Gasteiger partial charge is 0.488 e. The fraction of sp³-hybridized carbons (Fsp3) is 0.441. The number of ether oxygens (including phenoxy) is 1. The first-order valence-corrected chi connectivity index (χ1v) is 16.5. The number of carbonyl (C=O) groups excluding carboxylic acids is 4. The molecule has 4 heterocycles. The van der Waals surface area contributed by atoms with E-state index in [-0.39, 0.29) is 42.2 Å². The SMILES string of the molecule is Cc1ncc(C(=O)N2CC[C@H](Oc3cccc4c3[C@@H](CN3C(=O)c5ccccc5C3=O)N(C(=O)C3CCCCC3)CC4)C2)s1. The number of hydrogen-bond donors (Lipinski definition) is 0. The van der Waals surface area contributed by atoms with Crippen LogP contribution in [0.1, 0.15) is 91.1 Å². The number of nitrogens with zero attached hydrogens (tertiary/aromatic N) is 4. The summed E-state index contributed by atoms with van der Waals surface area (Å²) in [5.74, 6) is 0.00806. The predicted molar refractivity (Wildman–Crippen MR) is 165 cm³/mol. The van der Waals surface area contributed by atoms with Crippen molar-refractivity contribution < 1.29 is 23.9 Å². The highest BCUT2D eigenvalue weighted by molar-refractivity contribution is 7.13. The van der Waals surface area contributed by atoms with E-state index in [9.17, 15) is 19.2 Å².